The van der Waals surface area contributed by atoms with E-state index in [9.17, 15) is 13.2 Å². The van der Waals surface area contributed by atoms with Crippen LogP contribution >= 0.6 is 11.3 Å². The fourth-order valence-corrected chi connectivity index (χ4v) is 5.71. The topological polar surface area (TPSA) is 67.3 Å². The summed E-state index contributed by atoms with van der Waals surface area (Å²) in [6, 6.07) is 13.9. The molecule has 0 unspecified atom stereocenters. The molecule has 0 fully saturated rings. The first-order valence-corrected chi connectivity index (χ1v) is 11.5. The molecule has 0 saturated heterocycles. The van der Waals surface area contributed by atoms with Crippen molar-refractivity contribution >= 4 is 32.3 Å². The van der Waals surface area contributed by atoms with E-state index in [1.54, 1.807) is 23.6 Å². The fourth-order valence-electron chi connectivity index (χ4n) is 3.44. The Morgan fingerprint density at radius 1 is 1.04 bits per heavy atom. The van der Waals surface area contributed by atoms with Crippen LogP contribution in [0.5, 0.6) is 0 Å². The number of carbonyl (C=O) groups excluding carboxylic acids is 1. The normalized spacial score (nSPS) is 13.7. The van der Waals surface area contributed by atoms with Crippen molar-refractivity contribution in [2.75, 3.05) is 10.8 Å². The standard InChI is InChI=1S/C21H20N2O3S2/c24-20(18-11-10-16-6-4-5-7-17(16)14-18)15-23(21-22-12-13-27-21)28(25,26)19-8-2-1-3-9-19/h1-3,8-14H,4-7,15H2. The lowest BCUT2D eigenvalue weighted by atomic mass is 9.90. The molecule has 0 amide bonds. The minimum absolute atomic E-state index is 0.142. The van der Waals surface area contributed by atoms with Gasteiger partial charge in [-0.1, -0.05) is 30.3 Å². The maximum absolute atomic E-state index is 13.2. The van der Waals surface area contributed by atoms with Crippen LogP contribution in [0, 0.1) is 0 Å². The van der Waals surface area contributed by atoms with Gasteiger partial charge in [0.1, 0.15) is 6.54 Å². The number of carbonyl (C=O) groups is 1. The quantitative estimate of drug-likeness (QED) is 0.572. The van der Waals surface area contributed by atoms with Crippen molar-refractivity contribution in [3.63, 3.8) is 0 Å². The number of anilines is 1. The molecule has 0 spiro atoms. The Hall–Kier alpha value is -2.51. The highest BCUT2D eigenvalue weighted by Gasteiger charge is 2.29. The Morgan fingerprint density at radius 3 is 2.50 bits per heavy atom. The molecule has 144 valence electrons. The zero-order chi connectivity index (χ0) is 19.6. The molecule has 5 nitrogen and oxygen atoms in total. The molecular weight excluding hydrogens is 392 g/mol. The van der Waals surface area contributed by atoms with Crippen LogP contribution in [0.1, 0.15) is 34.3 Å². The number of aryl methyl sites for hydroxylation is 2. The number of aromatic nitrogens is 1. The van der Waals surface area contributed by atoms with Crippen LogP contribution in [0.15, 0.2) is 65.0 Å². The maximum atomic E-state index is 13.2. The number of thiazole rings is 1. The molecule has 0 N–H and O–H groups in total. The van der Waals surface area contributed by atoms with E-state index in [0.717, 1.165) is 23.6 Å². The van der Waals surface area contributed by atoms with Gasteiger partial charge in [-0.3, -0.25) is 4.79 Å². The van der Waals surface area contributed by atoms with Crippen LogP contribution < -0.4 is 4.31 Å². The summed E-state index contributed by atoms with van der Waals surface area (Å²) in [5.74, 6) is -0.233. The number of sulfonamides is 1. The molecule has 3 aromatic rings. The van der Waals surface area contributed by atoms with Crippen molar-refractivity contribution in [3.05, 3.63) is 76.8 Å². The number of Topliss-reactive ketones (excluding diaryl/α,β-unsaturated/α-hetero) is 1. The Labute approximate surface area is 168 Å². The predicted octanol–water partition coefficient (Wildman–Crippen LogP) is 4.10. The average molecular weight is 413 g/mol. The van der Waals surface area contributed by atoms with E-state index in [-0.39, 0.29) is 22.4 Å². The van der Waals surface area contributed by atoms with Crippen molar-refractivity contribution in [3.8, 4) is 0 Å². The van der Waals surface area contributed by atoms with Crippen molar-refractivity contribution in [2.24, 2.45) is 0 Å². The molecular formula is C21H20N2O3S2. The third-order valence-corrected chi connectivity index (χ3v) is 7.58. The highest BCUT2D eigenvalue weighted by atomic mass is 32.2. The van der Waals surface area contributed by atoms with Gasteiger partial charge in [-0.15, -0.1) is 11.3 Å². The molecule has 7 heteroatoms. The monoisotopic (exact) mass is 412 g/mol. The zero-order valence-electron chi connectivity index (χ0n) is 15.2. The SMILES string of the molecule is O=C(CN(c1nccs1)S(=O)(=O)c1ccccc1)c1ccc2c(c1)CCCC2. The number of rotatable bonds is 6. The third kappa shape index (κ3) is 3.72. The van der Waals surface area contributed by atoms with Crippen molar-refractivity contribution in [1.82, 2.24) is 4.98 Å². The van der Waals surface area contributed by atoms with Crippen LogP contribution in [0.4, 0.5) is 5.13 Å². The molecule has 0 bridgehead atoms. The summed E-state index contributed by atoms with van der Waals surface area (Å²) < 4.78 is 27.4. The number of ketones is 1. The first-order chi connectivity index (χ1) is 13.6. The van der Waals surface area contributed by atoms with E-state index in [1.165, 1.54) is 47.2 Å². The van der Waals surface area contributed by atoms with Gasteiger partial charge in [0.2, 0.25) is 0 Å². The number of benzene rings is 2. The summed E-state index contributed by atoms with van der Waals surface area (Å²) in [5.41, 5.74) is 3.03. The lowest BCUT2D eigenvalue weighted by molar-refractivity contribution is 0.100. The smallest absolute Gasteiger partial charge is 0.266 e. The van der Waals surface area contributed by atoms with Gasteiger partial charge in [0.15, 0.2) is 10.9 Å². The summed E-state index contributed by atoms with van der Waals surface area (Å²) in [6.07, 6.45) is 5.84. The van der Waals surface area contributed by atoms with Gasteiger partial charge >= 0.3 is 0 Å². The summed E-state index contributed by atoms with van der Waals surface area (Å²) in [5, 5.41) is 1.99. The molecule has 0 saturated carbocycles. The largest absolute Gasteiger partial charge is 0.292 e. The van der Waals surface area contributed by atoms with Crippen LogP contribution in [0.25, 0.3) is 0 Å². The Balaban J connectivity index is 1.66. The van der Waals surface area contributed by atoms with Crippen molar-refractivity contribution in [2.45, 2.75) is 30.6 Å². The average Bonchev–Trinajstić information content (AvgIpc) is 3.26. The summed E-state index contributed by atoms with van der Waals surface area (Å²) >= 11 is 1.20. The molecule has 0 aliphatic heterocycles. The second kappa shape index (κ2) is 7.85. The van der Waals surface area contributed by atoms with E-state index < -0.39 is 10.0 Å². The molecule has 2 aromatic carbocycles. The maximum Gasteiger partial charge on any atom is 0.266 e. The van der Waals surface area contributed by atoms with Crippen LogP contribution in [0.3, 0.4) is 0 Å². The first kappa shape index (κ1) is 18.8. The minimum atomic E-state index is -3.88. The lowest BCUT2D eigenvalue weighted by Crippen LogP contribution is -2.35. The lowest BCUT2D eigenvalue weighted by Gasteiger charge is -2.22. The van der Waals surface area contributed by atoms with Crippen LogP contribution in [0.2, 0.25) is 0 Å². The van der Waals surface area contributed by atoms with Gasteiger partial charge in [0.25, 0.3) is 10.0 Å². The second-order valence-electron chi connectivity index (χ2n) is 6.75. The molecule has 1 heterocycles. The van der Waals surface area contributed by atoms with E-state index in [2.05, 4.69) is 4.98 Å². The number of hydrogen-bond acceptors (Lipinski definition) is 5. The van der Waals surface area contributed by atoms with Gasteiger partial charge in [-0.05, 0) is 55.0 Å². The molecule has 1 aliphatic rings. The number of hydrogen-bond donors (Lipinski definition) is 0. The predicted molar refractivity (Wildman–Crippen MR) is 111 cm³/mol. The van der Waals surface area contributed by atoms with E-state index in [1.807, 2.05) is 18.2 Å². The highest BCUT2D eigenvalue weighted by molar-refractivity contribution is 7.93. The van der Waals surface area contributed by atoms with E-state index in [4.69, 9.17) is 0 Å². The number of fused-ring (bicyclic) bond motifs is 1. The Morgan fingerprint density at radius 2 is 1.79 bits per heavy atom. The first-order valence-electron chi connectivity index (χ1n) is 9.18. The minimum Gasteiger partial charge on any atom is -0.292 e. The van der Waals surface area contributed by atoms with Gasteiger partial charge in [-0.25, -0.2) is 17.7 Å². The van der Waals surface area contributed by atoms with Gasteiger partial charge in [0.05, 0.1) is 4.90 Å². The fraction of sp³-hybridized carbons (Fsp3) is 0.238. The van der Waals surface area contributed by atoms with Crippen molar-refractivity contribution < 1.29 is 13.2 Å². The van der Waals surface area contributed by atoms with Crippen LogP contribution in [-0.2, 0) is 22.9 Å². The van der Waals surface area contributed by atoms with E-state index >= 15 is 0 Å². The summed E-state index contributed by atoms with van der Waals surface area (Å²) in [4.78, 5) is 17.3. The highest BCUT2D eigenvalue weighted by Crippen LogP contribution is 2.27. The van der Waals surface area contributed by atoms with Crippen LogP contribution in [-0.4, -0.2) is 25.7 Å². The molecule has 1 aliphatic carbocycles. The molecule has 28 heavy (non-hydrogen) atoms. The number of nitrogens with zero attached hydrogens (tertiary/aromatic N) is 2. The Bertz CT molecular complexity index is 1080. The zero-order valence-corrected chi connectivity index (χ0v) is 16.9. The van der Waals surface area contributed by atoms with Gasteiger partial charge < -0.3 is 0 Å². The molecule has 1 aromatic heterocycles. The van der Waals surface area contributed by atoms with Gasteiger partial charge in [0, 0.05) is 17.1 Å². The Kier molecular flexibility index (Phi) is 5.28. The van der Waals surface area contributed by atoms with Crippen molar-refractivity contribution in [1.29, 1.82) is 0 Å². The van der Waals surface area contributed by atoms with Gasteiger partial charge in [-0.2, -0.15) is 0 Å². The molecule has 0 radical (unpaired) electrons. The molecule has 4 rings (SSSR count). The third-order valence-electron chi connectivity index (χ3n) is 4.92. The molecule has 0 atom stereocenters. The second-order valence-corrected chi connectivity index (χ2v) is 9.49. The van der Waals surface area contributed by atoms with E-state index in [0.29, 0.717) is 5.56 Å². The summed E-state index contributed by atoms with van der Waals surface area (Å²) in [7, 11) is -3.88. The summed E-state index contributed by atoms with van der Waals surface area (Å²) in [6.45, 7) is -0.274.